The van der Waals surface area contributed by atoms with E-state index in [0.29, 0.717) is 6.54 Å². The molecule has 0 atom stereocenters. The lowest BCUT2D eigenvalue weighted by atomic mass is 10.4. The van der Waals surface area contributed by atoms with Gasteiger partial charge in [-0.25, -0.2) is 4.98 Å². The molecule has 0 spiro atoms. The van der Waals surface area contributed by atoms with Gasteiger partial charge in [-0.2, -0.15) is 0 Å². The number of rotatable bonds is 4. The van der Waals surface area contributed by atoms with Crippen LogP contribution in [0.4, 0.5) is 0 Å². The van der Waals surface area contributed by atoms with Gasteiger partial charge < -0.3 is 5.73 Å². The summed E-state index contributed by atoms with van der Waals surface area (Å²) in [4.78, 5) is 4.12. The lowest BCUT2D eigenvalue weighted by Crippen LogP contribution is -2.03. The topological polar surface area (TPSA) is 38.9 Å². The van der Waals surface area contributed by atoms with E-state index in [0.717, 1.165) is 15.7 Å². The zero-order valence-corrected chi connectivity index (χ0v) is 7.75. The number of thioether (sulfide) groups is 1. The maximum Gasteiger partial charge on any atom is 0.150 e. The quantitative estimate of drug-likeness (QED) is 0.575. The van der Waals surface area contributed by atoms with E-state index in [9.17, 15) is 0 Å². The minimum atomic E-state index is 0.568. The molecular weight excluding hydrogens is 176 g/mol. The van der Waals surface area contributed by atoms with Gasteiger partial charge in [0.05, 0.1) is 0 Å². The first-order chi connectivity index (χ1) is 5.33. The third-order valence-corrected chi connectivity index (χ3v) is 3.21. The largest absolute Gasteiger partial charge is 0.327 e. The number of thiazole rings is 1. The highest BCUT2D eigenvalue weighted by molar-refractivity contribution is 8.01. The van der Waals surface area contributed by atoms with Gasteiger partial charge in [0.15, 0.2) is 0 Å². The molecule has 1 aromatic heterocycles. The average Bonchev–Trinajstić information content (AvgIpc) is 2.52. The van der Waals surface area contributed by atoms with Crippen molar-refractivity contribution in [2.45, 2.75) is 4.34 Å². The average molecular weight is 186 g/mol. The van der Waals surface area contributed by atoms with E-state index < -0.39 is 0 Å². The lowest BCUT2D eigenvalue weighted by molar-refractivity contribution is 1.15. The van der Waals surface area contributed by atoms with Crippen molar-refractivity contribution < 1.29 is 0 Å². The van der Waals surface area contributed by atoms with Crippen LogP contribution < -0.4 is 5.73 Å². The molecule has 1 aromatic rings. The van der Waals surface area contributed by atoms with E-state index in [1.165, 1.54) is 0 Å². The monoisotopic (exact) mass is 186 g/mol. The number of nitrogens with zero attached hydrogens (tertiary/aromatic N) is 1. The normalized spacial score (nSPS) is 9.91. The molecule has 11 heavy (non-hydrogen) atoms. The summed E-state index contributed by atoms with van der Waals surface area (Å²) in [5.41, 5.74) is 6.44. The lowest BCUT2D eigenvalue weighted by Gasteiger charge is -1.97. The zero-order valence-electron chi connectivity index (χ0n) is 6.12. The van der Waals surface area contributed by atoms with Crippen LogP contribution in [0.2, 0.25) is 0 Å². The maximum absolute atomic E-state index is 5.38. The smallest absolute Gasteiger partial charge is 0.150 e. The summed E-state index contributed by atoms with van der Waals surface area (Å²) in [5.74, 6) is 0.879. The van der Waals surface area contributed by atoms with Crippen LogP contribution in [0.15, 0.2) is 28.1 Å². The second-order valence-corrected chi connectivity index (χ2v) is 4.16. The summed E-state index contributed by atoms with van der Waals surface area (Å²) in [7, 11) is 0. The van der Waals surface area contributed by atoms with Gasteiger partial charge >= 0.3 is 0 Å². The van der Waals surface area contributed by atoms with E-state index in [1.54, 1.807) is 29.3 Å². The molecule has 0 aliphatic rings. The number of hydrogen-bond donors (Lipinski definition) is 1. The Morgan fingerprint density at radius 3 is 3.18 bits per heavy atom. The molecule has 1 heterocycles. The minimum Gasteiger partial charge on any atom is -0.327 e. The van der Waals surface area contributed by atoms with Gasteiger partial charge in [0.1, 0.15) is 4.34 Å². The fraction of sp³-hybridized carbons (Fsp3) is 0.286. The Morgan fingerprint density at radius 1 is 1.82 bits per heavy atom. The van der Waals surface area contributed by atoms with Crippen LogP contribution in [0.3, 0.4) is 0 Å². The molecule has 0 saturated heterocycles. The van der Waals surface area contributed by atoms with Gasteiger partial charge in [0.2, 0.25) is 0 Å². The van der Waals surface area contributed by atoms with Crippen LogP contribution in [0.25, 0.3) is 0 Å². The number of aromatic nitrogens is 1. The first-order valence-electron chi connectivity index (χ1n) is 3.22. The van der Waals surface area contributed by atoms with Crippen LogP contribution in [0, 0.1) is 0 Å². The first kappa shape index (κ1) is 8.77. The Morgan fingerprint density at radius 2 is 2.64 bits per heavy atom. The van der Waals surface area contributed by atoms with E-state index in [-0.39, 0.29) is 0 Å². The molecule has 0 fully saturated rings. The molecular formula is C7H10N2S2. The van der Waals surface area contributed by atoms with Gasteiger partial charge in [-0.15, -0.1) is 11.3 Å². The Bertz CT molecular complexity index is 218. The Kier molecular flexibility index (Phi) is 3.62. The fourth-order valence-corrected chi connectivity index (χ4v) is 2.06. The van der Waals surface area contributed by atoms with Gasteiger partial charge in [-0.3, -0.25) is 0 Å². The highest BCUT2D eigenvalue weighted by atomic mass is 32.2. The minimum absolute atomic E-state index is 0.568. The second-order valence-electron chi connectivity index (χ2n) is 2.04. The highest BCUT2D eigenvalue weighted by Gasteiger charge is 1.96. The third-order valence-electron chi connectivity index (χ3n) is 1.10. The number of nitrogens with two attached hydrogens (primary N) is 1. The molecule has 0 aromatic carbocycles. The Hall–Kier alpha value is -0.320. The summed E-state index contributed by atoms with van der Waals surface area (Å²) < 4.78 is 1.08. The molecule has 0 amide bonds. The Labute approximate surface area is 74.5 Å². The predicted octanol–water partition coefficient (Wildman–Crippen LogP) is 1.75. The van der Waals surface area contributed by atoms with E-state index in [2.05, 4.69) is 11.6 Å². The molecule has 2 nitrogen and oxygen atoms in total. The molecule has 1 rings (SSSR count). The van der Waals surface area contributed by atoms with Crippen molar-refractivity contribution in [2.75, 3.05) is 12.3 Å². The molecule has 0 unspecified atom stereocenters. The molecule has 0 saturated carbocycles. The highest BCUT2D eigenvalue weighted by Crippen LogP contribution is 2.21. The van der Waals surface area contributed by atoms with Gasteiger partial charge in [-0.1, -0.05) is 23.9 Å². The molecule has 0 aliphatic carbocycles. The molecule has 2 N–H and O–H groups in total. The van der Waals surface area contributed by atoms with Crippen LogP contribution in [0.5, 0.6) is 0 Å². The third kappa shape index (κ3) is 3.05. The maximum atomic E-state index is 5.38. The summed E-state index contributed by atoms with van der Waals surface area (Å²) >= 11 is 3.33. The van der Waals surface area contributed by atoms with E-state index in [1.807, 2.05) is 5.38 Å². The zero-order chi connectivity index (χ0) is 8.10. The molecule has 0 radical (unpaired) electrons. The Balaban J connectivity index is 2.29. The molecule has 0 bridgehead atoms. The fourth-order valence-electron chi connectivity index (χ4n) is 0.504. The van der Waals surface area contributed by atoms with Crippen molar-refractivity contribution >= 4 is 23.1 Å². The van der Waals surface area contributed by atoms with Crippen molar-refractivity contribution in [1.82, 2.24) is 4.98 Å². The van der Waals surface area contributed by atoms with Crippen LogP contribution >= 0.6 is 23.1 Å². The SMILES string of the molecule is C=C(CN)CSc1nccs1. The van der Waals surface area contributed by atoms with Crippen LogP contribution in [-0.2, 0) is 0 Å². The summed E-state index contributed by atoms with van der Waals surface area (Å²) in [6.07, 6.45) is 1.80. The predicted molar refractivity (Wildman–Crippen MR) is 51.0 cm³/mol. The van der Waals surface area contributed by atoms with Crippen LogP contribution in [0.1, 0.15) is 0 Å². The summed E-state index contributed by atoms with van der Waals surface area (Å²) in [5, 5.41) is 1.97. The molecule has 0 aliphatic heterocycles. The van der Waals surface area contributed by atoms with Crippen molar-refractivity contribution in [3.8, 4) is 0 Å². The van der Waals surface area contributed by atoms with Gasteiger partial charge in [-0.05, 0) is 0 Å². The molecule has 60 valence electrons. The summed E-state index contributed by atoms with van der Waals surface area (Å²) in [6.45, 7) is 4.37. The first-order valence-corrected chi connectivity index (χ1v) is 5.08. The van der Waals surface area contributed by atoms with Crippen molar-refractivity contribution in [3.63, 3.8) is 0 Å². The molecule has 4 heteroatoms. The van der Waals surface area contributed by atoms with Crippen molar-refractivity contribution in [1.29, 1.82) is 0 Å². The van der Waals surface area contributed by atoms with Crippen LogP contribution in [-0.4, -0.2) is 17.3 Å². The van der Waals surface area contributed by atoms with Gasteiger partial charge in [0, 0.05) is 23.9 Å². The number of hydrogen-bond acceptors (Lipinski definition) is 4. The standard InChI is InChI=1S/C7H10N2S2/c1-6(4-8)5-11-7-9-2-3-10-7/h2-3H,1,4-5,8H2. The van der Waals surface area contributed by atoms with E-state index in [4.69, 9.17) is 5.73 Å². The van der Waals surface area contributed by atoms with Crippen molar-refractivity contribution in [3.05, 3.63) is 23.7 Å². The summed E-state index contributed by atoms with van der Waals surface area (Å²) in [6, 6.07) is 0. The van der Waals surface area contributed by atoms with Gasteiger partial charge in [0.25, 0.3) is 0 Å². The van der Waals surface area contributed by atoms with E-state index >= 15 is 0 Å². The second kappa shape index (κ2) is 4.54. The van der Waals surface area contributed by atoms with Crippen molar-refractivity contribution in [2.24, 2.45) is 5.73 Å².